The summed E-state index contributed by atoms with van der Waals surface area (Å²) >= 11 is 0. The molecule has 1 saturated carbocycles. The minimum absolute atomic E-state index is 0.0860. The molecule has 0 bridgehead atoms. The van der Waals surface area contributed by atoms with E-state index in [0.717, 1.165) is 37.7 Å². The molecular formula is C21H23FN6O3. The molecule has 31 heavy (non-hydrogen) atoms. The maximum atomic E-state index is 15.0. The van der Waals surface area contributed by atoms with Crippen LogP contribution < -0.4 is 10.9 Å². The van der Waals surface area contributed by atoms with Crippen LogP contribution in [0.3, 0.4) is 0 Å². The summed E-state index contributed by atoms with van der Waals surface area (Å²) in [6.07, 6.45) is 8.52. The lowest BCUT2D eigenvalue weighted by molar-refractivity contribution is 0.0704. The van der Waals surface area contributed by atoms with Crippen LogP contribution in [0.25, 0.3) is 16.6 Å². The molecule has 1 saturated heterocycles. The SMILES string of the molecule is O=C(NO)c1cn(C2CC2)c2cc(-n3cc(CN4CCCCC4)nn3)c(F)cc2c1=O. The van der Waals surface area contributed by atoms with Crippen molar-refractivity contribution in [2.24, 2.45) is 0 Å². The molecule has 1 aliphatic heterocycles. The molecular weight excluding hydrogens is 403 g/mol. The van der Waals surface area contributed by atoms with Gasteiger partial charge in [0.1, 0.15) is 17.1 Å². The van der Waals surface area contributed by atoms with Gasteiger partial charge in [-0.25, -0.2) is 14.6 Å². The van der Waals surface area contributed by atoms with Gasteiger partial charge in [-0.05, 0) is 50.9 Å². The second-order valence-corrected chi connectivity index (χ2v) is 8.26. The van der Waals surface area contributed by atoms with E-state index in [1.54, 1.807) is 16.8 Å². The molecule has 1 aromatic carbocycles. The third kappa shape index (κ3) is 3.72. The quantitative estimate of drug-likeness (QED) is 0.479. The van der Waals surface area contributed by atoms with Crippen molar-refractivity contribution in [3.63, 3.8) is 0 Å². The highest BCUT2D eigenvalue weighted by molar-refractivity contribution is 5.97. The molecule has 10 heteroatoms. The number of rotatable bonds is 5. The molecule has 3 heterocycles. The molecule has 0 atom stereocenters. The van der Waals surface area contributed by atoms with Crippen LogP contribution in [-0.2, 0) is 6.54 Å². The number of hydrogen-bond donors (Lipinski definition) is 2. The molecule has 2 N–H and O–H groups in total. The van der Waals surface area contributed by atoms with Gasteiger partial charge in [0, 0.05) is 24.2 Å². The highest BCUT2D eigenvalue weighted by atomic mass is 19.1. The van der Waals surface area contributed by atoms with Gasteiger partial charge < -0.3 is 4.57 Å². The zero-order valence-electron chi connectivity index (χ0n) is 16.9. The fourth-order valence-corrected chi connectivity index (χ4v) is 4.25. The average Bonchev–Trinajstić information content (AvgIpc) is 3.53. The topological polar surface area (TPSA) is 105 Å². The predicted molar refractivity (Wildman–Crippen MR) is 110 cm³/mol. The Bertz CT molecular complexity index is 1210. The Morgan fingerprint density at radius 3 is 2.68 bits per heavy atom. The Hall–Kier alpha value is -3.11. The van der Waals surface area contributed by atoms with E-state index in [-0.39, 0.29) is 22.7 Å². The smallest absolute Gasteiger partial charge is 0.280 e. The predicted octanol–water partition coefficient (Wildman–Crippen LogP) is 2.16. The third-order valence-corrected chi connectivity index (χ3v) is 6.01. The van der Waals surface area contributed by atoms with Crippen LogP contribution in [0.2, 0.25) is 0 Å². The number of fused-ring (bicyclic) bond motifs is 1. The first-order valence-electron chi connectivity index (χ1n) is 10.5. The molecule has 1 amide bonds. The van der Waals surface area contributed by atoms with Crippen LogP contribution >= 0.6 is 0 Å². The van der Waals surface area contributed by atoms with Gasteiger partial charge in [-0.15, -0.1) is 5.10 Å². The molecule has 1 aliphatic carbocycles. The first-order chi connectivity index (χ1) is 15.0. The summed E-state index contributed by atoms with van der Waals surface area (Å²) in [6.45, 7) is 2.71. The van der Waals surface area contributed by atoms with E-state index >= 15 is 4.39 Å². The van der Waals surface area contributed by atoms with Crippen molar-refractivity contribution in [2.45, 2.75) is 44.7 Å². The number of nitrogens with zero attached hydrogens (tertiary/aromatic N) is 5. The number of hydroxylamine groups is 1. The lowest BCUT2D eigenvalue weighted by atomic mass is 10.1. The minimum atomic E-state index is -0.913. The van der Waals surface area contributed by atoms with Crippen LogP contribution in [0.15, 0.2) is 29.3 Å². The number of carbonyl (C=O) groups excluding carboxylic acids is 1. The Balaban J connectivity index is 1.56. The summed E-state index contributed by atoms with van der Waals surface area (Å²) in [5.74, 6) is -1.55. The van der Waals surface area contributed by atoms with Crippen LogP contribution in [0.5, 0.6) is 0 Å². The monoisotopic (exact) mass is 426 g/mol. The molecule has 2 fully saturated rings. The van der Waals surface area contributed by atoms with Crippen LogP contribution in [0.1, 0.15) is 54.2 Å². The average molecular weight is 426 g/mol. The number of piperidine rings is 1. The zero-order chi connectivity index (χ0) is 21.5. The summed E-state index contributed by atoms with van der Waals surface area (Å²) < 4.78 is 18.2. The van der Waals surface area contributed by atoms with E-state index in [9.17, 15) is 9.59 Å². The Morgan fingerprint density at radius 1 is 1.19 bits per heavy atom. The molecule has 2 aromatic heterocycles. The summed E-state index contributed by atoms with van der Waals surface area (Å²) in [7, 11) is 0. The zero-order valence-corrected chi connectivity index (χ0v) is 16.9. The van der Waals surface area contributed by atoms with Crippen molar-refractivity contribution >= 4 is 16.8 Å². The van der Waals surface area contributed by atoms with Gasteiger partial charge in [-0.1, -0.05) is 11.6 Å². The summed E-state index contributed by atoms with van der Waals surface area (Å²) in [4.78, 5) is 27.0. The number of likely N-dealkylation sites (tertiary alicyclic amines) is 1. The number of benzene rings is 1. The van der Waals surface area contributed by atoms with E-state index in [2.05, 4.69) is 15.2 Å². The highest BCUT2D eigenvalue weighted by Gasteiger charge is 2.27. The van der Waals surface area contributed by atoms with Gasteiger partial charge in [-0.3, -0.25) is 19.7 Å². The van der Waals surface area contributed by atoms with Gasteiger partial charge in [0.25, 0.3) is 5.91 Å². The number of carbonyl (C=O) groups is 1. The Morgan fingerprint density at radius 2 is 1.97 bits per heavy atom. The molecule has 2 aliphatic rings. The minimum Gasteiger partial charge on any atom is -0.343 e. The second-order valence-electron chi connectivity index (χ2n) is 8.26. The summed E-state index contributed by atoms with van der Waals surface area (Å²) in [5.41, 5.74) is 2.11. The number of halogens is 1. The fraction of sp³-hybridized carbons (Fsp3) is 0.429. The van der Waals surface area contributed by atoms with Crippen molar-refractivity contribution in [3.05, 3.63) is 51.8 Å². The molecule has 0 unspecified atom stereocenters. The lowest BCUT2D eigenvalue weighted by Gasteiger charge is -2.25. The highest BCUT2D eigenvalue weighted by Crippen LogP contribution is 2.37. The fourth-order valence-electron chi connectivity index (χ4n) is 4.25. The van der Waals surface area contributed by atoms with Crippen LogP contribution in [0.4, 0.5) is 4.39 Å². The maximum absolute atomic E-state index is 15.0. The number of nitrogens with one attached hydrogen (secondary N) is 1. The van der Waals surface area contributed by atoms with E-state index in [4.69, 9.17) is 5.21 Å². The maximum Gasteiger partial charge on any atom is 0.280 e. The summed E-state index contributed by atoms with van der Waals surface area (Å²) in [5, 5.41) is 17.3. The number of aromatic nitrogens is 4. The third-order valence-electron chi connectivity index (χ3n) is 6.01. The normalized spacial score (nSPS) is 17.2. The van der Waals surface area contributed by atoms with Gasteiger partial charge in [0.15, 0.2) is 0 Å². The van der Waals surface area contributed by atoms with Crippen molar-refractivity contribution in [2.75, 3.05) is 13.1 Å². The van der Waals surface area contributed by atoms with Gasteiger partial charge in [-0.2, -0.15) is 0 Å². The Labute approximate surface area is 177 Å². The van der Waals surface area contributed by atoms with E-state index in [0.29, 0.717) is 12.1 Å². The molecule has 3 aromatic rings. The number of amides is 1. The van der Waals surface area contributed by atoms with Gasteiger partial charge in [0.05, 0.1) is 17.4 Å². The van der Waals surface area contributed by atoms with E-state index < -0.39 is 17.2 Å². The largest absolute Gasteiger partial charge is 0.343 e. The molecule has 162 valence electrons. The van der Waals surface area contributed by atoms with Gasteiger partial charge in [0.2, 0.25) is 5.43 Å². The lowest BCUT2D eigenvalue weighted by Crippen LogP contribution is -2.29. The Kier molecular flexibility index (Phi) is 5.03. The van der Waals surface area contributed by atoms with E-state index in [1.165, 1.54) is 35.6 Å². The molecule has 0 spiro atoms. The van der Waals surface area contributed by atoms with Crippen LogP contribution in [0, 0.1) is 5.82 Å². The van der Waals surface area contributed by atoms with Crippen molar-refractivity contribution in [1.82, 2.24) is 29.9 Å². The molecule has 9 nitrogen and oxygen atoms in total. The van der Waals surface area contributed by atoms with Crippen LogP contribution in [-0.4, -0.2) is 48.7 Å². The molecule has 5 rings (SSSR count). The first kappa shape index (κ1) is 19.8. The van der Waals surface area contributed by atoms with Crippen molar-refractivity contribution in [3.8, 4) is 5.69 Å². The summed E-state index contributed by atoms with van der Waals surface area (Å²) in [6, 6.07) is 2.83. The first-order valence-corrected chi connectivity index (χ1v) is 10.5. The number of pyridine rings is 1. The van der Waals surface area contributed by atoms with E-state index in [1.807, 2.05) is 0 Å². The molecule has 0 radical (unpaired) electrons. The number of hydrogen-bond acceptors (Lipinski definition) is 6. The van der Waals surface area contributed by atoms with Crippen molar-refractivity contribution in [1.29, 1.82) is 0 Å². The van der Waals surface area contributed by atoms with Crippen molar-refractivity contribution < 1.29 is 14.4 Å². The van der Waals surface area contributed by atoms with Gasteiger partial charge >= 0.3 is 0 Å². The standard InChI is InChI=1S/C21H23FN6O3/c22-17-8-15-18(27(14-4-5-14)12-16(20(15)29)21(30)24-31)9-19(17)28-11-13(23-25-28)10-26-6-2-1-3-7-26/h8-9,11-12,14,31H,1-7,10H2,(H,24,30). The second kappa shape index (κ2) is 7.86.